The van der Waals surface area contributed by atoms with Crippen LogP contribution in [-0.2, 0) is 9.53 Å². The summed E-state index contributed by atoms with van der Waals surface area (Å²) in [4.78, 5) is 24.2. The van der Waals surface area contributed by atoms with Gasteiger partial charge in [0.1, 0.15) is 17.2 Å². The highest BCUT2D eigenvalue weighted by molar-refractivity contribution is 6.14. The number of allylic oxidation sites excluding steroid dienone is 1. The van der Waals surface area contributed by atoms with Crippen LogP contribution >= 0.6 is 0 Å². The molecule has 3 rings (SSSR count). The van der Waals surface area contributed by atoms with E-state index in [1.54, 1.807) is 43.3 Å². The topological polar surface area (TPSA) is 89.5 Å². The summed E-state index contributed by atoms with van der Waals surface area (Å²) < 4.78 is 31.9. The number of ketones is 1. The number of carbonyl (C=O) groups excluding carboxylic acids is 2. The van der Waals surface area contributed by atoms with Gasteiger partial charge in [-0.2, -0.15) is 0 Å². The van der Waals surface area contributed by atoms with Crippen molar-refractivity contribution in [1.82, 2.24) is 0 Å². The van der Waals surface area contributed by atoms with Crippen LogP contribution in [-0.4, -0.2) is 46.3 Å². The fourth-order valence-electron chi connectivity index (χ4n) is 2.91. The highest BCUT2D eigenvalue weighted by Crippen LogP contribution is 2.39. The number of carbonyl (C=O) groups is 2. The van der Waals surface area contributed by atoms with E-state index >= 15 is 0 Å². The lowest BCUT2D eigenvalue weighted by Crippen LogP contribution is -2.14. The Morgan fingerprint density at radius 3 is 2.37 bits per heavy atom. The third kappa shape index (κ3) is 4.32. The minimum absolute atomic E-state index is 0.123. The molecule has 0 saturated heterocycles. The summed E-state index contributed by atoms with van der Waals surface area (Å²) in [6.45, 7) is 1.76. The second-order valence-electron chi connectivity index (χ2n) is 6.14. The van der Waals surface area contributed by atoms with Crippen LogP contribution in [0.3, 0.4) is 0 Å². The Labute approximate surface area is 173 Å². The number of hydrogen-bond acceptors (Lipinski definition) is 8. The first-order chi connectivity index (χ1) is 14.5. The largest absolute Gasteiger partial charge is 0.496 e. The number of rotatable bonds is 8. The van der Waals surface area contributed by atoms with Crippen molar-refractivity contribution in [1.29, 1.82) is 0 Å². The smallest absolute Gasteiger partial charge is 0.344 e. The Morgan fingerprint density at radius 1 is 1.00 bits per heavy atom. The first kappa shape index (κ1) is 21.0. The van der Waals surface area contributed by atoms with Crippen LogP contribution in [0.25, 0.3) is 6.08 Å². The molecule has 8 heteroatoms. The van der Waals surface area contributed by atoms with Gasteiger partial charge in [0.2, 0.25) is 5.78 Å². The monoisotopic (exact) mass is 414 g/mol. The minimum atomic E-state index is -0.476. The second kappa shape index (κ2) is 9.21. The Balaban J connectivity index is 1.85. The summed E-state index contributed by atoms with van der Waals surface area (Å²) in [6, 6.07) is 8.10. The number of benzene rings is 2. The van der Waals surface area contributed by atoms with Crippen molar-refractivity contribution in [2.75, 3.05) is 34.5 Å². The Hall–Kier alpha value is -3.68. The normalized spacial score (nSPS) is 13.5. The van der Waals surface area contributed by atoms with Gasteiger partial charge in [0.05, 0.1) is 33.5 Å². The summed E-state index contributed by atoms with van der Waals surface area (Å²) in [5, 5.41) is 0. The molecule has 0 spiro atoms. The minimum Gasteiger partial charge on any atom is -0.496 e. The van der Waals surface area contributed by atoms with Crippen LogP contribution in [0, 0.1) is 0 Å². The summed E-state index contributed by atoms with van der Waals surface area (Å²) in [6.07, 6.45) is 1.57. The SMILES string of the molecule is CCOC(=O)COc1ccc2c(c1)O/C(=C\c1cc(OC)c(OC)cc1OC)C2=O. The molecule has 0 N–H and O–H groups in total. The number of methoxy groups -OCH3 is 3. The van der Waals surface area contributed by atoms with Crippen molar-refractivity contribution in [3.63, 3.8) is 0 Å². The molecule has 0 saturated carbocycles. The molecule has 1 heterocycles. The Kier molecular flexibility index (Phi) is 6.46. The number of hydrogen-bond donors (Lipinski definition) is 0. The number of Topliss-reactive ketones (excluding diaryl/α,β-unsaturated/α-hetero) is 1. The van der Waals surface area contributed by atoms with Gasteiger partial charge in [-0.25, -0.2) is 4.79 Å². The maximum atomic E-state index is 12.7. The van der Waals surface area contributed by atoms with Gasteiger partial charge in [0.15, 0.2) is 23.9 Å². The van der Waals surface area contributed by atoms with Crippen molar-refractivity contribution in [3.05, 3.63) is 47.2 Å². The van der Waals surface area contributed by atoms with E-state index in [1.165, 1.54) is 21.3 Å². The van der Waals surface area contributed by atoms with E-state index in [0.29, 0.717) is 39.9 Å². The van der Waals surface area contributed by atoms with Gasteiger partial charge in [-0.15, -0.1) is 0 Å². The van der Waals surface area contributed by atoms with Gasteiger partial charge in [-0.05, 0) is 31.2 Å². The molecule has 158 valence electrons. The molecule has 1 aliphatic rings. The van der Waals surface area contributed by atoms with Crippen LogP contribution in [0.5, 0.6) is 28.7 Å². The van der Waals surface area contributed by atoms with Gasteiger partial charge in [0, 0.05) is 17.7 Å². The molecule has 1 aliphatic heterocycles. The van der Waals surface area contributed by atoms with E-state index in [1.807, 2.05) is 0 Å². The molecule has 0 fully saturated rings. The quantitative estimate of drug-likeness (QED) is 0.480. The zero-order valence-corrected chi connectivity index (χ0v) is 17.1. The fraction of sp³-hybridized carbons (Fsp3) is 0.273. The molecule has 0 aromatic heterocycles. The van der Waals surface area contributed by atoms with Crippen molar-refractivity contribution < 1.29 is 38.0 Å². The number of ether oxygens (including phenoxy) is 6. The third-order valence-corrected chi connectivity index (χ3v) is 4.33. The molecule has 30 heavy (non-hydrogen) atoms. The van der Waals surface area contributed by atoms with Crippen molar-refractivity contribution in [3.8, 4) is 28.7 Å². The van der Waals surface area contributed by atoms with Gasteiger partial charge < -0.3 is 28.4 Å². The van der Waals surface area contributed by atoms with Gasteiger partial charge in [-0.3, -0.25) is 4.79 Å². The van der Waals surface area contributed by atoms with Gasteiger partial charge in [0.25, 0.3) is 0 Å². The van der Waals surface area contributed by atoms with E-state index in [0.717, 1.165) is 0 Å². The Morgan fingerprint density at radius 2 is 1.70 bits per heavy atom. The van der Waals surface area contributed by atoms with Crippen LogP contribution in [0.2, 0.25) is 0 Å². The summed E-state index contributed by atoms with van der Waals surface area (Å²) in [5.74, 6) is 1.58. The van der Waals surface area contributed by atoms with Crippen LogP contribution < -0.4 is 23.7 Å². The van der Waals surface area contributed by atoms with Crippen molar-refractivity contribution >= 4 is 17.8 Å². The highest BCUT2D eigenvalue weighted by atomic mass is 16.6. The molecule has 0 amide bonds. The van der Waals surface area contributed by atoms with Gasteiger partial charge in [-0.1, -0.05) is 0 Å². The third-order valence-electron chi connectivity index (χ3n) is 4.33. The second-order valence-corrected chi connectivity index (χ2v) is 6.14. The summed E-state index contributed by atoms with van der Waals surface area (Å²) >= 11 is 0. The predicted molar refractivity (Wildman–Crippen MR) is 108 cm³/mol. The molecule has 0 aliphatic carbocycles. The lowest BCUT2D eigenvalue weighted by Gasteiger charge is -2.12. The molecule has 2 aromatic rings. The van der Waals surface area contributed by atoms with Crippen molar-refractivity contribution in [2.24, 2.45) is 0 Å². The predicted octanol–water partition coefficient (Wildman–Crippen LogP) is 3.27. The average Bonchev–Trinajstić information content (AvgIpc) is 3.06. The standard InChI is InChI=1S/C22H22O8/c1-5-28-21(23)12-29-14-6-7-15-17(10-14)30-20(22(15)24)9-13-8-18(26-3)19(27-4)11-16(13)25-2/h6-11H,5,12H2,1-4H3/b20-9-. The molecular weight excluding hydrogens is 392 g/mol. The molecule has 0 unspecified atom stereocenters. The molecule has 0 bridgehead atoms. The van der Waals surface area contributed by atoms with Crippen LogP contribution in [0.1, 0.15) is 22.8 Å². The van der Waals surface area contributed by atoms with Gasteiger partial charge >= 0.3 is 5.97 Å². The lowest BCUT2D eigenvalue weighted by molar-refractivity contribution is -0.145. The zero-order valence-electron chi connectivity index (χ0n) is 17.1. The van der Waals surface area contributed by atoms with Crippen LogP contribution in [0.4, 0.5) is 0 Å². The van der Waals surface area contributed by atoms with E-state index in [-0.39, 0.29) is 24.8 Å². The summed E-state index contributed by atoms with van der Waals surface area (Å²) in [7, 11) is 4.56. The van der Waals surface area contributed by atoms with E-state index in [2.05, 4.69) is 0 Å². The van der Waals surface area contributed by atoms with Crippen LogP contribution in [0.15, 0.2) is 36.1 Å². The lowest BCUT2D eigenvalue weighted by atomic mass is 10.1. The first-order valence-corrected chi connectivity index (χ1v) is 9.17. The van der Waals surface area contributed by atoms with Crippen molar-refractivity contribution in [2.45, 2.75) is 6.92 Å². The molecular formula is C22H22O8. The summed E-state index contributed by atoms with van der Waals surface area (Å²) in [5.41, 5.74) is 0.981. The molecule has 8 nitrogen and oxygen atoms in total. The molecule has 2 aromatic carbocycles. The molecule has 0 atom stereocenters. The van der Waals surface area contributed by atoms with E-state index < -0.39 is 5.97 Å². The average molecular weight is 414 g/mol. The fourth-order valence-corrected chi connectivity index (χ4v) is 2.91. The first-order valence-electron chi connectivity index (χ1n) is 9.17. The Bertz CT molecular complexity index is 993. The number of esters is 1. The van der Waals surface area contributed by atoms with E-state index in [9.17, 15) is 9.59 Å². The van der Waals surface area contributed by atoms with E-state index in [4.69, 9.17) is 28.4 Å². The zero-order chi connectivity index (χ0) is 21.7. The molecule has 0 radical (unpaired) electrons. The highest BCUT2D eigenvalue weighted by Gasteiger charge is 2.28. The number of fused-ring (bicyclic) bond motifs is 1. The maximum absolute atomic E-state index is 12.7. The maximum Gasteiger partial charge on any atom is 0.344 e.